The van der Waals surface area contributed by atoms with E-state index in [1.165, 1.54) is 0 Å². The normalized spacial score (nSPS) is 28.3. The summed E-state index contributed by atoms with van der Waals surface area (Å²) in [6.07, 6.45) is 1.85. The second-order valence-electron chi connectivity index (χ2n) is 2.68. The molecule has 1 rings (SSSR count). The Bertz CT molecular complexity index is 127. The summed E-state index contributed by atoms with van der Waals surface area (Å²) < 4.78 is 5.20. The van der Waals surface area contributed by atoms with E-state index in [-0.39, 0.29) is 12.0 Å². The lowest BCUT2D eigenvalue weighted by Crippen LogP contribution is -2.24. The van der Waals surface area contributed by atoms with Gasteiger partial charge in [-0.2, -0.15) is 0 Å². The molecule has 0 unspecified atom stereocenters. The highest BCUT2D eigenvalue weighted by Gasteiger charge is 2.26. The molecule has 0 amide bonds. The lowest BCUT2D eigenvalue weighted by Gasteiger charge is -2.12. The summed E-state index contributed by atoms with van der Waals surface area (Å²) in [6, 6.07) is 0. The van der Waals surface area contributed by atoms with Gasteiger partial charge in [0.25, 0.3) is 0 Å². The molecule has 0 aromatic heterocycles. The molecule has 10 heavy (non-hydrogen) atoms. The van der Waals surface area contributed by atoms with Gasteiger partial charge in [0, 0.05) is 6.61 Å². The van der Waals surface area contributed by atoms with E-state index in [0.29, 0.717) is 0 Å². The number of carbonyl (C=O) groups is 1. The zero-order valence-corrected chi connectivity index (χ0v) is 6.04. The SMILES string of the molecule is C[C@H](C(=O)O)[C@H]1CCCO1. The third-order valence-electron chi connectivity index (χ3n) is 1.91. The standard InChI is InChI=1S/C7H12O3/c1-5(7(8)9)6-3-2-4-10-6/h5-6H,2-4H2,1H3,(H,8,9)/t5-,6+/m0/s1. The fraction of sp³-hybridized carbons (Fsp3) is 0.857. The summed E-state index contributed by atoms with van der Waals surface area (Å²) in [7, 11) is 0. The molecule has 3 heteroatoms. The van der Waals surface area contributed by atoms with Gasteiger partial charge in [0.1, 0.15) is 0 Å². The van der Waals surface area contributed by atoms with Crippen LogP contribution in [0.5, 0.6) is 0 Å². The Hall–Kier alpha value is -0.570. The summed E-state index contributed by atoms with van der Waals surface area (Å²) in [4.78, 5) is 10.4. The topological polar surface area (TPSA) is 46.5 Å². The van der Waals surface area contributed by atoms with Crippen molar-refractivity contribution >= 4 is 5.97 Å². The van der Waals surface area contributed by atoms with Crippen molar-refractivity contribution in [2.45, 2.75) is 25.9 Å². The Morgan fingerprint density at radius 1 is 1.80 bits per heavy atom. The van der Waals surface area contributed by atoms with Crippen LogP contribution in [0.2, 0.25) is 0 Å². The van der Waals surface area contributed by atoms with Gasteiger partial charge in [-0.05, 0) is 19.8 Å². The average Bonchev–Trinajstić information content (AvgIpc) is 2.36. The molecule has 1 heterocycles. The average molecular weight is 144 g/mol. The molecule has 0 saturated carbocycles. The van der Waals surface area contributed by atoms with Crippen LogP contribution in [-0.2, 0) is 9.53 Å². The van der Waals surface area contributed by atoms with E-state index in [1.807, 2.05) is 0 Å². The van der Waals surface area contributed by atoms with Gasteiger partial charge in [0.15, 0.2) is 0 Å². The molecule has 0 aromatic carbocycles. The summed E-state index contributed by atoms with van der Waals surface area (Å²) in [5, 5.41) is 8.56. The summed E-state index contributed by atoms with van der Waals surface area (Å²) in [5.74, 6) is -1.10. The lowest BCUT2D eigenvalue weighted by molar-refractivity contribution is -0.145. The Balaban J connectivity index is 2.39. The van der Waals surface area contributed by atoms with Gasteiger partial charge >= 0.3 is 5.97 Å². The third-order valence-corrected chi connectivity index (χ3v) is 1.91. The number of hydrogen-bond donors (Lipinski definition) is 1. The van der Waals surface area contributed by atoms with Gasteiger partial charge in [0.05, 0.1) is 12.0 Å². The van der Waals surface area contributed by atoms with E-state index in [2.05, 4.69) is 0 Å². The van der Waals surface area contributed by atoms with Crippen LogP contribution in [0, 0.1) is 5.92 Å². The minimum absolute atomic E-state index is 0.0440. The van der Waals surface area contributed by atoms with E-state index >= 15 is 0 Å². The summed E-state index contributed by atoms with van der Waals surface area (Å²) >= 11 is 0. The van der Waals surface area contributed by atoms with Gasteiger partial charge in [-0.25, -0.2) is 0 Å². The Kier molecular flexibility index (Phi) is 2.27. The van der Waals surface area contributed by atoms with Crippen LogP contribution < -0.4 is 0 Å². The first-order chi connectivity index (χ1) is 4.72. The number of carboxylic acids is 1. The Morgan fingerprint density at radius 3 is 2.90 bits per heavy atom. The molecule has 1 aliphatic rings. The molecule has 2 atom stereocenters. The van der Waals surface area contributed by atoms with Crippen molar-refractivity contribution in [3.8, 4) is 0 Å². The number of ether oxygens (including phenoxy) is 1. The first kappa shape index (κ1) is 7.54. The molecule has 0 aromatic rings. The number of aliphatic carboxylic acids is 1. The highest BCUT2D eigenvalue weighted by Crippen LogP contribution is 2.19. The zero-order chi connectivity index (χ0) is 7.56. The minimum atomic E-state index is -0.757. The van der Waals surface area contributed by atoms with Crippen LogP contribution in [0.4, 0.5) is 0 Å². The molecule has 1 N–H and O–H groups in total. The molecule has 0 bridgehead atoms. The van der Waals surface area contributed by atoms with Crippen molar-refractivity contribution in [1.82, 2.24) is 0 Å². The van der Waals surface area contributed by atoms with Crippen LogP contribution in [0.25, 0.3) is 0 Å². The molecule has 3 nitrogen and oxygen atoms in total. The van der Waals surface area contributed by atoms with Gasteiger partial charge < -0.3 is 9.84 Å². The van der Waals surface area contributed by atoms with Gasteiger partial charge in [0.2, 0.25) is 0 Å². The Morgan fingerprint density at radius 2 is 2.50 bits per heavy atom. The van der Waals surface area contributed by atoms with Crippen LogP contribution in [-0.4, -0.2) is 23.8 Å². The third kappa shape index (κ3) is 1.48. The van der Waals surface area contributed by atoms with Crippen molar-refractivity contribution in [2.24, 2.45) is 5.92 Å². The van der Waals surface area contributed by atoms with Crippen LogP contribution in [0.15, 0.2) is 0 Å². The highest BCUT2D eigenvalue weighted by atomic mass is 16.5. The largest absolute Gasteiger partial charge is 0.481 e. The van der Waals surface area contributed by atoms with Crippen molar-refractivity contribution in [3.63, 3.8) is 0 Å². The predicted octanol–water partition coefficient (Wildman–Crippen LogP) is 0.886. The first-order valence-corrected chi connectivity index (χ1v) is 3.56. The quantitative estimate of drug-likeness (QED) is 0.626. The van der Waals surface area contributed by atoms with E-state index in [0.717, 1.165) is 19.4 Å². The molecular weight excluding hydrogens is 132 g/mol. The van der Waals surface area contributed by atoms with Crippen molar-refractivity contribution < 1.29 is 14.6 Å². The van der Waals surface area contributed by atoms with Crippen LogP contribution in [0.3, 0.4) is 0 Å². The van der Waals surface area contributed by atoms with Crippen molar-refractivity contribution in [1.29, 1.82) is 0 Å². The fourth-order valence-electron chi connectivity index (χ4n) is 1.16. The molecule has 58 valence electrons. The van der Waals surface area contributed by atoms with E-state index in [4.69, 9.17) is 9.84 Å². The smallest absolute Gasteiger partial charge is 0.308 e. The van der Waals surface area contributed by atoms with E-state index < -0.39 is 5.97 Å². The summed E-state index contributed by atoms with van der Waals surface area (Å²) in [6.45, 7) is 2.42. The van der Waals surface area contributed by atoms with Crippen molar-refractivity contribution in [2.75, 3.05) is 6.61 Å². The van der Waals surface area contributed by atoms with Crippen molar-refractivity contribution in [3.05, 3.63) is 0 Å². The molecule has 0 radical (unpaired) electrons. The van der Waals surface area contributed by atoms with Gasteiger partial charge in [-0.15, -0.1) is 0 Å². The van der Waals surface area contributed by atoms with Gasteiger partial charge in [-0.1, -0.05) is 0 Å². The van der Waals surface area contributed by atoms with Gasteiger partial charge in [-0.3, -0.25) is 4.79 Å². The minimum Gasteiger partial charge on any atom is -0.481 e. The first-order valence-electron chi connectivity index (χ1n) is 3.56. The predicted molar refractivity (Wildman–Crippen MR) is 35.8 cm³/mol. The molecule has 0 spiro atoms. The monoisotopic (exact) mass is 144 g/mol. The number of hydrogen-bond acceptors (Lipinski definition) is 2. The second-order valence-corrected chi connectivity index (χ2v) is 2.68. The van der Waals surface area contributed by atoms with E-state index in [1.54, 1.807) is 6.92 Å². The number of rotatable bonds is 2. The maximum Gasteiger partial charge on any atom is 0.308 e. The molecule has 1 aliphatic heterocycles. The molecule has 1 saturated heterocycles. The molecular formula is C7H12O3. The number of carboxylic acid groups (broad SMARTS) is 1. The van der Waals surface area contributed by atoms with E-state index in [9.17, 15) is 4.79 Å². The molecule has 0 aliphatic carbocycles. The maximum absolute atomic E-state index is 10.4. The summed E-state index contributed by atoms with van der Waals surface area (Å²) in [5.41, 5.74) is 0. The maximum atomic E-state index is 10.4. The Labute approximate surface area is 60.0 Å². The fourth-order valence-corrected chi connectivity index (χ4v) is 1.16. The lowest BCUT2D eigenvalue weighted by atomic mass is 10.0. The van der Waals surface area contributed by atoms with Crippen LogP contribution in [0.1, 0.15) is 19.8 Å². The highest BCUT2D eigenvalue weighted by molar-refractivity contribution is 5.70. The molecule has 1 fully saturated rings. The zero-order valence-electron chi connectivity index (χ0n) is 6.04. The second kappa shape index (κ2) is 3.01. The van der Waals surface area contributed by atoms with Crippen LogP contribution >= 0.6 is 0 Å².